The standard InChI is InChI=1S/C9H18N2O2/c12-8-5-10-9(13)11-6-3-1-2-4-7-11/h12H,1-8H2,(H,10,13). The Morgan fingerprint density at radius 2 is 1.85 bits per heavy atom. The Hall–Kier alpha value is -0.770. The van der Waals surface area contributed by atoms with Crippen LogP contribution in [0.1, 0.15) is 25.7 Å². The van der Waals surface area contributed by atoms with E-state index in [0.717, 1.165) is 25.9 Å². The van der Waals surface area contributed by atoms with Gasteiger partial charge in [-0.05, 0) is 12.8 Å². The van der Waals surface area contributed by atoms with Crippen LogP contribution in [0.3, 0.4) is 0 Å². The lowest BCUT2D eigenvalue weighted by molar-refractivity contribution is 0.195. The molecular formula is C9H18N2O2. The van der Waals surface area contributed by atoms with Gasteiger partial charge in [-0.15, -0.1) is 0 Å². The number of aliphatic hydroxyl groups is 1. The summed E-state index contributed by atoms with van der Waals surface area (Å²) < 4.78 is 0. The van der Waals surface area contributed by atoms with Crippen LogP contribution in [0.4, 0.5) is 4.79 Å². The van der Waals surface area contributed by atoms with Gasteiger partial charge in [-0.2, -0.15) is 0 Å². The summed E-state index contributed by atoms with van der Waals surface area (Å²) in [6.07, 6.45) is 4.66. The van der Waals surface area contributed by atoms with E-state index in [1.165, 1.54) is 12.8 Å². The number of urea groups is 1. The zero-order chi connectivity index (χ0) is 9.52. The van der Waals surface area contributed by atoms with E-state index in [4.69, 9.17) is 5.11 Å². The molecule has 1 fully saturated rings. The second-order valence-electron chi connectivity index (χ2n) is 3.36. The van der Waals surface area contributed by atoms with E-state index in [1.807, 2.05) is 4.90 Å². The smallest absolute Gasteiger partial charge is 0.317 e. The van der Waals surface area contributed by atoms with Crippen LogP contribution in [-0.2, 0) is 0 Å². The minimum Gasteiger partial charge on any atom is -0.395 e. The fourth-order valence-corrected chi connectivity index (χ4v) is 1.55. The van der Waals surface area contributed by atoms with Crippen molar-refractivity contribution >= 4 is 6.03 Å². The summed E-state index contributed by atoms with van der Waals surface area (Å²) in [6, 6.07) is -0.0315. The molecule has 0 saturated carbocycles. The number of carbonyl (C=O) groups excluding carboxylic acids is 1. The zero-order valence-corrected chi connectivity index (χ0v) is 7.96. The molecule has 4 heteroatoms. The Morgan fingerprint density at radius 3 is 2.38 bits per heavy atom. The van der Waals surface area contributed by atoms with E-state index in [1.54, 1.807) is 0 Å². The molecule has 4 nitrogen and oxygen atoms in total. The predicted octanol–water partition coefficient (Wildman–Crippen LogP) is 0.564. The highest BCUT2D eigenvalue weighted by Gasteiger charge is 2.13. The molecule has 1 rings (SSSR count). The summed E-state index contributed by atoms with van der Waals surface area (Å²) in [7, 11) is 0. The number of rotatable bonds is 2. The van der Waals surface area contributed by atoms with Crippen molar-refractivity contribution in [1.82, 2.24) is 10.2 Å². The molecule has 0 spiro atoms. The summed E-state index contributed by atoms with van der Waals surface area (Å²) in [4.78, 5) is 13.2. The third kappa shape index (κ3) is 3.63. The molecule has 1 heterocycles. The summed E-state index contributed by atoms with van der Waals surface area (Å²) in [5.41, 5.74) is 0. The van der Waals surface area contributed by atoms with Crippen molar-refractivity contribution in [2.75, 3.05) is 26.2 Å². The number of likely N-dealkylation sites (tertiary alicyclic amines) is 1. The van der Waals surface area contributed by atoms with Crippen molar-refractivity contribution in [1.29, 1.82) is 0 Å². The highest BCUT2D eigenvalue weighted by Crippen LogP contribution is 2.09. The van der Waals surface area contributed by atoms with Crippen LogP contribution >= 0.6 is 0 Å². The van der Waals surface area contributed by atoms with Crippen molar-refractivity contribution < 1.29 is 9.90 Å². The van der Waals surface area contributed by atoms with Gasteiger partial charge in [-0.1, -0.05) is 12.8 Å². The summed E-state index contributed by atoms with van der Waals surface area (Å²) in [5, 5.41) is 11.2. The van der Waals surface area contributed by atoms with Crippen LogP contribution in [0.15, 0.2) is 0 Å². The first-order valence-electron chi connectivity index (χ1n) is 4.98. The van der Waals surface area contributed by atoms with Gasteiger partial charge in [-0.3, -0.25) is 0 Å². The monoisotopic (exact) mass is 186 g/mol. The SMILES string of the molecule is O=C(NCCO)N1CCCCCC1. The fourth-order valence-electron chi connectivity index (χ4n) is 1.55. The van der Waals surface area contributed by atoms with E-state index in [9.17, 15) is 4.79 Å². The summed E-state index contributed by atoms with van der Waals surface area (Å²) in [6.45, 7) is 2.09. The molecule has 0 bridgehead atoms. The van der Waals surface area contributed by atoms with Crippen molar-refractivity contribution in [3.8, 4) is 0 Å². The lowest BCUT2D eigenvalue weighted by Gasteiger charge is -2.20. The highest BCUT2D eigenvalue weighted by atomic mass is 16.3. The maximum absolute atomic E-state index is 11.4. The van der Waals surface area contributed by atoms with Crippen LogP contribution in [-0.4, -0.2) is 42.3 Å². The zero-order valence-electron chi connectivity index (χ0n) is 7.96. The Kier molecular flexibility index (Phi) is 4.60. The van der Waals surface area contributed by atoms with Gasteiger partial charge in [0.25, 0.3) is 0 Å². The summed E-state index contributed by atoms with van der Waals surface area (Å²) in [5.74, 6) is 0. The van der Waals surface area contributed by atoms with Crippen LogP contribution < -0.4 is 5.32 Å². The molecule has 0 radical (unpaired) electrons. The van der Waals surface area contributed by atoms with Gasteiger partial charge in [0.2, 0.25) is 0 Å². The minimum atomic E-state index is -0.0315. The Labute approximate surface area is 78.9 Å². The number of hydrogen-bond acceptors (Lipinski definition) is 2. The van der Waals surface area contributed by atoms with E-state index in [2.05, 4.69) is 5.32 Å². The molecule has 0 aliphatic carbocycles. The van der Waals surface area contributed by atoms with Gasteiger partial charge < -0.3 is 15.3 Å². The molecule has 1 aliphatic heterocycles. The van der Waals surface area contributed by atoms with E-state index >= 15 is 0 Å². The Balaban J connectivity index is 2.26. The molecule has 2 N–H and O–H groups in total. The molecule has 0 aromatic heterocycles. The van der Waals surface area contributed by atoms with Gasteiger partial charge in [0.05, 0.1) is 6.61 Å². The molecule has 76 valence electrons. The average Bonchev–Trinajstić information content (AvgIpc) is 2.42. The largest absolute Gasteiger partial charge is 0.395 e. The molecule has 1 aliphatic rings. The molecule has 13 heavy (non-hydrogen) atoms. The molecule has 0 aromatic rings. The Morgan fingerprint density at radius 1 is 1.23 bits per heavy atom. The second kappa shape index (κ2) is 5.80. The number of carbonyl (C=O) groups is 1. The molecular weight excluding hydrogens is 168 g/mol. The lowest BCUT2D eigenvalue weighted by Crippen LogP contribution is -2.41. The first-order chi connectivity index (χ1) is 6.34. The van der Waals surface area contributed by atoms with Gasteiger partial charge in [0.1, 0.15) is 0 Å². The predicted molar refractivity (Wildman–Crippen MR) is 50.5 cm³/mol. The highest BCUT2D eigenvalue weighted by molar-refractivity contribution is 5.74. The van der Waals surface area contributed by atoms with Crippen molar-refractivity contribution in [3.05, 3.63) is 0 Å². The quantitative estimate of drug-likeness (QED) is 0.662. The van der Waals surface area contributed by atoms with Crippen molar-refractivity contribution in [3.63, 3.8) is 0 Å². The number of nitrogens with zero attached hydrogens (tertiary/aromatic N) is 1. The summed E-state index contributed by atoms with van der Waals surface area (Å²) >= 11 is 0. The second-order valence-corrected chi connectivity index (χ2v) is 3.36. The van der Waals surface area contributed by atoms with Crippen molar-refractivity contribution in [2.45, 2.75) is 25.7 Å². The van der Waals surface area contributed by atoms with Crippen LogP contribution in [0.25, 0.3) is 0 Å². The first-order valence-corrected chi connectivity index (χ1v) is 4.98. The minimum absolute atomic E-state index is 0.0135. The van der Waals surface area contributed by atoms with E-state index in [0.29, 0.717) is 6.54 Å². The van der Waals surface area contributed by atoms with Crippen LogP contribution in [0, 0.1) is 0 Å². The van der Waals surface area contributed by atoms with Crippen LogP contribution in [0.2, 0.25) is 0 Å². The fraction of sp³-hybridized carbons (Fsp3) is 0.889. The molecule has 1 saturated heterocycles. The number of nitrogens with one attached hydrogen (secondary N) is 1. The first kappa shape index (κ1) is 10.3. The lowest BCUT2D eigenvalue weighted by atomic mass is 10.2. The third-order valence-electron chi connectivity index (χ3n) is 2.28. The third-order valence-corrected chi connectivity index (χ3v) is 2.28. The van der Waals surface area contributed by atoms with Gasteiger partial charge in [-0.25, -0.2) is 4.79 Å². The normalized spacial score (nSPS) is 18.1. The Bertz CT molecular complexity index is 154. The maximum atomic E-state index is 11.4. The average molecular weight is 186 g/mol. The number of hydrogen-bond donors (Lipinski definition) is 2. The molecule has 2 amide bonds. The van der Waals surface area contributed by atoms with Gasteiger partial charge in [0.15, 0.2) is 0 Å². The van der Waals surface area contributed by atoms with Crippen LogP contribution in [0.5, 0.6) is 0 Å². The van der Waals surface area contributed by atoms with Gasteiger partial charge >= 0.3 is 6.03 Å². The molecule has 0 unspecified atom stereocenters. The van der Waals surface area contributed by atoms with E-state index < -0.39 is 0 Å². The van der Waals surface area contributed by atoms with E-state index in [-0.39, 0.29) is 12.6 Å². The number of aliphatic hydroxyl groups excluding tert-OH is 1. The maximum Gasteiger partial charge on any atom is 0.317 e. The topological polar surface area (TPSA) is 52.6 Å². The van der Waals surface area contributed by atoms with Crippen molar-refractivity contribution in [2.24, 2.45) is 0 Å². The van der Waals surface area contributed by atoms with Gasteiger partial charge in [0, 0.05) is 19.6 Å². The molecule has 0 atom stereocenters. The number of amides is 2. The molecule has 0 aromatic carbocycles.